The Kier molecular flexibility index (Phi) is 9.40. The molecule has 0 radical (unpaired) electrons. The minimum absolute atomic E-state index is 0.0880. The highest BCUT2D eigenvalue weighted by Crippen LogP contribution is 2.37. The molecule has 3 aromatic rings. The van der Waals surface area contributed by atoms with Crippen LogP contribution in [0.5, 0.6) is 11.5 Å². The Labute approximate surface area is 235 Å². The highest BCUT2D eigenvalue weighted by atomic mass is 35.5. The van der Waals surface area contributed by atoms with Crippen LogP contribution in [-0.4, -0.2) is 32.6 Å². The molecule has 0 aliphatic heterocycles. The highest BCUT2D eigenvalue weighted by molar-refractivity contribution is 7.98. The number of anilines is 1. The van der Waals surface area contributed by atoms with Gasteiger partial charge in [0.2, 0.25) is 12.4 Å². The first-order valence-corrected chi connectivity index (χ1v) is 13.9. The molecular formula is C28H30ClF2N2O5S+. The van der Waals surface area contributed by atoms with Crippen LogP contribution in [0.2, 0.25) is 5.02 Å². The molecule has 1 aromatic heterocycles. The molecule has 208 valence electrons. The fourth-order valence-corrected chi connectivity index (χ4v) is 4.86. The molecule has 7 nitrogen and oxygen atoms in total. The first-order valence-electron chi connectivity index (χ1n) is 12.3. The van der Waals surface area contributed by atoms with Crippen LogP contribution >= 0.6 is 23.4 Å². The van der Waals surface area contributed by atoms with Crippen LogP contribution in [0, 0.1) is 12.8 Å². The number of carbonyl (C=O) groups is 1. The van der Waals surface area contributed by atoms with Gasteiger partial charge in [-0.05, 0) is 73.4 Å². The summed E-state index contributed by atoms with van der Waals surface area (Å²) in [6.07, 6.45) is 6.67. The summed E-state index contributed by atoms with van der Waals surface area (Å²) in [6.45, 7) is -0.767. The number of alkyl halides is 2. The number of esters is 1. The molecule has 1 heterocycles. The Morgan fingerprint density at radius 3 is 2.56 bits per heavy atom. The van der Waals surface area contributed by atoms with Gasteiger partial charge in [-0.1, -0.05) is 17.7 Å². The summed E-state index contributed by atoms with van der Waals surface area (Å²) < 4.78 is 44.1. The monoisotopic (exact) mass is 579 g/mol. The summed E-state index contributed by atoms with van der Waals surface area (Å²) in [5, 5.41) is 0.411. The number of rotatable bonds is 12. The lowest BCUT2D eigenvalue weighted by molar-refractivity contribution is -0.885. The number of nitrogen functional groups attached to an aromatic ring is 1. The van der Waals surface area contributed by atoms with Crippen LogP contribution in [0.15, 0.2) is 53.7 Å². The van der Waals surface area contributed by atoms with E-state index in [1.807, 2.05) is 13.2 Å². The number of hydrogen-bond donors (Lipinski definition) is 1. The SMILES string of the molecule is CO[n+]1cc(C)c(CC(OC(=O)c2ccc(SC)c(N)c2)c2ccc(OC(F)F)c(OCC3CC3)c2)c(Cl)c1. The van der Waals surface area contributed by atoms with Gasteiger partial charge in [-0.3, -0.25) is 4.84 Å². The van der Waals surface area contributed by atoms with Gasteiger partial charge in [0.25, 0.3) is 0 Å². The molecule has 11 heteroatoms. The van der Waals surface area contributed by atoms with E-state index in [-0.39, 0.29) is 23.5 Å². The third-order valence-corrected chi connectivity index (χ3v) is 7.51. The third kappa shape index (κ3) is 7.45. The molecule has 1 atom stereocenters. The van der Waals surface area contributed by atoms with Gasteiger partial charge in [0, 0.05) is 27.3 Å². The number of ether oxygens (including phenoxy) is 3. The van der Waals surface area contributed by atoms with E-state index in [2.05, 4.69) is 4.74 Å². The average Bonchev–Trinajstić information content (AvgIpc) is 3.73. The molecule has 2 aromatic carbocycles. The van der Waals surface area contributed by atoms with Gasteiger partial charge in [0.1, 0.15) is 18.2 Å². The van der Waals surface area contributed by atoms with Crippen molar-refractivity contribution >= 4 is 35.0 Å². The van der Waals surface area contributed by atoms with Crippen molar-refractivity contribution in [2.45, 2.75) is 43.8 Å². The predicted molar refractivity (Wildman–Crippen MR) is 145 cm³/mol. The van der Waals surface area contributed by atoms with Crippen LogP contribution in [-0.2, 0) is 11.2 Å². The summed E-state index contributed by atoms with van der Waals surface area (Å²) >= 11 is 8.04. The van der Waals surface area contributed by atoms with E-state index >= 15 is 0 Å². The zero-order valence-corrected chi connectivity index (χ0v) is 23.4. The third-order valence-electron chi connectivity index (χ3n) is 6.37. The van der Waals surface area contributed by atoms with E-state index in [1.165, 1.54) is 29.7 Å². The van der Waals surface area contributed by atoms with Crippen LogP contribution < -0.4 is 24.8 Å². The van der Waals surface area contributed by atoms with E-state index in [4.69, 9.17) is 31.6 Å². The van der Waals surface area contributed by atoms with Gasteiger partial charge in [0.05, 0.1) is 12.2 Å². The maximum absolute atomic E-state index is 13.3. The van der Waals surface area contributed by atoms with E-state index < -0.39 is 18.7 Å². The molecule has 4 rings (SSSR count). The van der Waals surface area contributed by atoms with Gasteiger partial charge in [-0.25, -0.2) is 4.79 Å². The number of carbonyl (C=O) groups excluding carboxylic acids is 1. The van der Waals surface area contributed by atoms with Crippen molar-refractivity contribution in [1.82, 2.24) is 0 Å². The largest absolute Gasteiger partial charge is 0.489 e. The lowest BCUT2D eigenvalue weighted by Gasteiger charge is -2.22. The van der Waals surface area contributed by atoms with Gasteiger partial charge in [-0.2, -0.15) is 8.78 Å². The number of halogens is 3. The zero-order valence-electron chi connectivity index (χ0n) is 21.8. The first kappa shape index (κ1) is 28.8. The molecular weight excluding hydrogens is 550 g/mol. The van der Waals surface area contributed by atoms with E-state index in [0.717, 1.165) is 28.9 Å². The molecule has 1 fully saturated rings. The number of benzene rings is 2. The quantitative estimate of drug-likeness (QED) is 0.125. The maximum Gasteiger partial charge on any atom is 0.387 e. The summed E-state index contributed by atoms with van der Waals surface area (Å²) in [5.41, 5.74) is 8.90. The molecule has 1 saturated carbocycles. The van der Waals surface area contributed by atoms with Gasteiger partial charge in [-0.15, -0.1) is 11.8 Å². The fraction of sp³-hybridized carbons (Fsp3) is 0.357. The lowest BCUT2D eigenvalue weighted by atomic mass is 9.98. The second-order valence-corrected chi connectivity index (χ2v) is 10.5. The molecule has 39 heavy (non-hydrogen) atoms. The van der Waals surface area contributed by atoms with Crippen LogP contribution in [0.3, 0.4) is 0 Å². The number of nitrogens with zero attached hydrogens (tertiary/aromatic N) is 1. The first-order chi connectivity index (χ1) is 18.7. The number of aromatic nitrogens is 1. The molecule has 0 amide bonds. The normalized spacial score (nSPS) is 13.7. The molecule has 0 bridgehead atoms. The van der Waals surface area contributed by atoms with Gasteiger partial charge < -0.3 is 19.9 Å². The van der Waals surface area contributed by atoms with Crippen molar-refractivity contribution in [3.63, 3.8) is 0 Å². The smallest absolute Gasteiger partial charge is 0.387 e. The molecule has 2 N–H and O–H groups in total. The fourth-order valence-electron chi connectivity index (χ4n) is 4.04. The number of hydrogen-bond acceptors (Lipinski definition) is 7. The van der Waals surface area contributed by atoms with E-state index in [0.29, 0.717) is 28.8 Å². The van der Waals surface area contributed by atoms with Crippen molar-refractivity contribution in [2.75, 3.05) is 25.7 Å². The average molecular weight is 580 g/mol. The van der Waals surface area contributed by atoms with Crippen molar-refractivity contribution < 1.29 is 37.4 Å². The molecule has 1 aliphatic carbocycles. The Morgan fingerprint density at radius 1 is 1.18 bits per heavy atom. The number of aryl methyl sites for hydroxylation is 1. The second kappa shape index (κ2) is 12.7. The van der Waals surface area contributed by atoms with Crippen molar-refractivity contribution in [1.29, 1.82) is 0 Å². The summed E-state index contributed by atoms with van der Waals surface area (Å²) in [7, 11) is 1.51. The molecule has 0 saturated heterocycles. The van der Waals surface area contributed by atoms with E-state index in [9.17, 15) is 13.6 Å². The molecule has 1 unspecified atom stereocenters. The maximum atomic E-state index is 13.3. The van der Waals surface area contributed by atoms with Crippen LogP contribution in [0.4, 0.5) is 14.5 Å². The Bertz CT molecular complexity index is 1320. The van der Waals surface area contributed by atoms with Crippen molar-refractivity contribution in [2.24, 2.45) is 5.92 Å². The van der Waals surface area contributed by atoms with Gasteiger partial charge in [0.15, 0.2) is 11.5 Å². The van der Waals surface area contributed by atoms with Crippen LogP contribution in [0.25, 0.3) is 0 Å². The number of nitrogens with two attached hydrogens (primary N) is 1. The number of thioether (sulfide) groups is 1. The minimum Gasteiger partial charge on any atom is -0.489 e. The molecule has 1 aliphatic rings. The zero-order chi connectivity index (χ0) is 28.1. The highest BCUT2D eigenvalue weighted by Gasteiger charge is 2.27. The Morgan fingerprint density at radius 2 is 1.95 bits per heavy atom. The van der Waals surface area contributed by atoms with Crippen LogP contribution in [0.1, 0.15) is 46.0 Å². The van der Waals surface area contributed by atoms with Crippen molar-refractivity contribution in [3.05, 3.63) is 76.1 Å². The topological polar surface area (TPSA) is 83.9 Å². The van der Waals surface area contributed by atoms with E-state index in [1.54, 1.807) is 42.7 Å². The summed E-state index contributed by atoms with van der Waals surface area (Å²) in [5.74, 6) is -0.142. The standard InChI is InChI=1S/C28H30ClF2N2O5S/c1-16-13-33(35-2)14-21(29)20(16)12-24(37-27(34)19-7-9-26(39-3)22(32)10-19)18-6-8-23(38-28(30)31)25(11-18)36-15-17-4-5-17/h6-11,13-14,17,24,28H,4-5,12,15,32H2,1-3H3/q+1. The summed E-state index contributed by atoms with van der Waals surface area (Å²) in [6, 6.07) is 9.52. The minimum atomic E-state index is -3.01. The second-order valence-electron chi connectivity index (χ2n) is 9.20. The van der Waals surface area contributed by atoms with Gasteiger partial charge >= 0.3 is 12.6 Å². The Hall–Kier alpha value is -3.24. The Balaban J connectivity index is 1.70. The number of pyridine rings is 1. The van der Waals surface area contributed by atoms with Crippen molar-refractivity contribution in [3.8, 4) is 11.5 Å². The predicted octanol–water partition coefficient (Wildman–Crippen LogP) is 5.83. The molecule has 0 spiro atoms. The summed E-state index contributed by atoms with van der Waals surface area (Å²) in [4.78, 5) is 19.3. The lowest BCUT2D eigenvalue weighted by Crippen LogP contribution is -2.40.